The van der Waals surface area contributed by atoms with Crippen molar-refractivity contribution >= 4 is 0 Å². The van der Waals surface area contributed by atoms with E-state index >= 15 is 0 Å². The van der Waals surface area contributed by atoms with E-state index in [1.165, 1.54) is 0 Å². The van der Waals surface area contributed by atoms with Crippen LogP contribution in [0.5, 0.6) is 0 Å². The monoisotopic (exact) mass is 186 g/mol. The molecule has 0 saturated carbocycles. The minimum Gasteiger partial charge on any atom is -0.392 e. The van der Waals surface area contributed by atoms with E-state index in [2.05, 4.69) is 41.5 Å². The Morgan fingerprint density at radius 2 is 1.23 bits per heavy atom. The topological polar surface area (TPSA) is 20.2 Å². The average molecular weight is 186 g/mol. The lowest BCUT2D eigenvalue weighted by atomic mass is 9.66. The van der Waals surface area contributed by atoms with Crippen LogP contribution in [0.3, 0.4) is 0 Å². The molecule has 0 heterocycles. The number of hydrogen-bond donors (Lipinski definition) is 1. The van der Waals surface area contributed by atoms with Crippen LogP contribution in [0.4, 0.5) is 0 Å². The van der Waals surface area contributed by atoms with Crippen LogP contribution < -0.4 is 0 Å². The molecule has 13 heavy (non-hydrogen) atoms. The Labute approximate surface area is 83.5 Å². The fourth-order valence-electron chi connectivity index (χ4n) is 2.25. The zero-order chi connectivity index (χ0) is 10.7. The molecule has 1 N–H and O–H groups in total. The first-order chi connectivity index (χ1) is 5.84. The number of rotatable bonds is 4. The van der Waals surface area contributed by atoms with E-state index in [4.69, 9.17) is 0 Å². The van der Waals surface area contributed by atoms with Crippen molar-refractivity contribution in [3.63, 3.8) is 0 Å². The molecule has 0 fully saturated rings. The molecular formula is C12H26O. The standard InChI is InChI=1S/C12H26O/c1-7-12(8-2,9-3)10(13)11(4,5)6/h10,13H,7-9H2,1-6H3. The van der Waals surface area contributed by atoms with Gasteiger partial charge >= 0.3 is 0 Å². The van der Waals surface area contributed by atoms with Crippen LogP contribution in [0.15, 0.2) is 0 Å². The molecular weight excluding hydrogens is 160 g/mol. The largest absolute Gasteiger partial charge is 0.392 e. The van der Waals surface area contributed by atoms with Crippen molar-refractivity contribution in [2.24, 2.45) is 10.8 Å². The highest BCUT2D eigenvalue weighted by molar-refractivity contribution is 4.89. The van der Waals surface area contributed by atoms with E-state index in [1.807, 2.05) is 0 Å². The second-order valence-corrected chi connectivity index (χ2v) is 5.19. The predicted octanol–water partition coefficient (Wildman–Crippen LogP) is 3.61. The molecule has 0 aromatic carbocycles. The molecule has 0 amide bonds. The van der Waals surface area contributed by atoms with Gasteiger partial charge in [-0.15, -0.1) is 0 Å². The molecule has 0 aromatic rings. The molecule has 0 spiro atoms. The summed E-state index contributed by atoms with van der Waals surface area (Å²) in [6.07, 6.45) is 3.01. The molecule has 1 atom stereocenters. The molecule has 1 unspecified atom stereocenters. The van der Waals surface area contributed by atoms with Crippen molar-refractivity contribution in [3.8, 4) is 0 Å². The van der Waals surface area contributed by atoms with Crippen molar-refractivity contribution in [2.75, 3.05) is 0 Å². The minimum atomic E-state index is -0.194. The minimum absolute atomic E-state index is 0.00201. The lowest BCUT2D eigenvalue weighted by Gasteiger charge is -2.42. The van der Waals surface area contributed by atoms with Gasteiger partial charge < -0.3 is 5.11 Å². The smallest absolute Gasteiger partial charge is 0.0644 e. The van der Waals surface area contributed by atoms with Gasteiger partial charge in [-0.3, -0.25) is 0 Å². The van der Waals surface area contributed by atoms with Gasteiger partial charge in [-0.25, -0.2) is 0 Å². The third kappa shape index (κ3) is 2.70. The summed E-state index contributed by atoms with van der Waals surface area (Å²) in [5.41, 5.74) is 0.125. The summed E-state index contributed by atoms with van der Waals surface area (Å²) in [5, 5.41) is 10.3. The molecule has 0 aromatic heterocycles. The van der Waals surface area contributed by atoms with E-state index in [1.54, 1.807) is 0 Å². The summed E-state index contributed by atoms with van der Waals surface area (Å²) in [6, 6.07) is 0. The van der Waals surface area contributed by atoms with Crippen molar-refractivity contribution in [3.05, 3.63) is 0 Å². The van der Waals surface area contributed by atoms with E-state index in [-0.39, 0.29) is 16.9 Å². The number of aliphatic hydroxyl groups excluding tert-OH is 1. The van der Waals surface area contributed by atoms with Crippen LogP contribution in [0.25, 0.3) is 0 Å². The van der Waals surface area contributed by atoms with E-state index in [0.29, 0.717) is 0 Å². The van der Waals surface area contributed by atoms with E-state index < -0.39 is 0 Å². The molecule has 0 aliphatic rings. The van der Waals surface area contributed by atoms with Crippen molar-refractivity contribution in [2.45, 2.75) is 66.9 Å². The molecule has 1 nitrogen and oxygen atoms in total. The summed E-state index contributed by atoms with van der Waals surface area (Å²) >= 11 is 0. The summed E-state index contributed by atoms with van der Waals surface area (Å²) in [5.74, 6) is 0. The van der Waals surface area contributed by atoms with Crippen molar-refractivity contribution in [1.29, 1.82) is 0 Å². The third-order valence-corrected chi connectivity index (χ3v) is 3.51. The quantitative estimate of drug-likeness (QED) is 0.711. The fraction of sp³-hybridized carbons (Fsp3) is 1.00. The maximum Gasteiger partial charge on any atom is 0.0644 e. The van der Waals surface area contributed by atoms with Crippen LogP contribution in [0.2, 0.25) is 0 Å². The molecule has 1 heteroatoms. The number of hydrogen-bond acceptors (Lipinski definition) is 1. The van der Waals surface area contributed by atoms with Crippen LogP contribution >= 0.6 is 0 Å². The van der Waals surface area contributed by atoms with Gasteiger partial charge in [0.1, 0.15) is 0 Å². The molecule has 0 bridgehead atoms. The fourth-order valence-corrected chi connectivity index (χ4v) is 2.25. The van der Waals surface area contributed by atoms with Gasteiger partial charge in [-0.1, -0.05) is 41.5 Å². The first-order valence-corrected chi connectivity index (χ1v) is 5.52. The summed E-state index contributed by atoms with van der Waals surface area (Å²) in [7, 11) is 0. The SMILES string of the molecule is CCC(CC)(CC)C(O)C(C)(C)C. The lowest BCUT2D eigenvalue weighted by molar-refractivity contribution is -0.0579. The molecule has 0 rings (SSSR count). The lowest BCUT2D eigenvalue weighted by Crippen LogP contribution is -2.42. The van der Waals surface area contributed by atoms with E-state index in [0.717, 1.165) is 19.3 Å². The van der Waals surface area contributed by atoms with Gasteiger partial charge in [0.25, 0.3) is 0 Å². The Morgan fingerprint density at radius 3 is 1.31 bits per heavy atom. The second-order valence-electron chi connectivity index (χ2n) is 5.19. The molecule has 0 radical (unpaired) electrons. The summed E-state index contributed by atoms with van der Waals surface area (Å²) < 4.78 is 0. The first kappa shape index (κ1) is 13.0. The van der Waals surface area contributed by atoms with Crippen molar-refractivity contribution in [1.82, 2.24) is 0 Å². The Bertz CT molecular complexity index is 131. The van der Waals surface area contributed by atoms with Gasteiger partial charge in [0, 0.05) is 0 Å². The average Bonchev–Trinajstić information content (AvgIpc) is 2.07. The Morgan fingerprint density at radius 1 is 0.923 bits per heavy atom. The molecule has 0 aliphatic carbocycles. The third-order valence-electron chi connectivity index (χ3n) is 3.51. The maximum absolute atomic E-state index is 10.3. The highest BCUT2D eigenvalue weighted by Crippen LogP contribution is 2.41. The Kier molecular flexibility index (Phi) is 4.44. The number of aliphatic hydroxyl groups is 1. The van der Waals surface area contributed by atoms with Crippen LogP contribution in [0, 0.1) is 10.8 Å². The zero-order valence-corrected chi connectivity index (χ0v) is 10.1. The zero-order valence-electron chi connectivity index (χ0n) is 10.1. The van der Waals surface area contributed by atoms with E-state index in [9.17, 15) is 5.11 Å². The summed E-state index contributed by atoms with van der Waals surface area (Å²) in [6.45, 7) is 12.9. The Balaban J connectivity index is 4.73. The van der Waals surface area contributed by atoms with Crippen molar-refractivity contribution < 1.29 is 5.11 Å². The molecule has 0 aliphatic heterocycles. The van der Waals surface area contributed by atoms with Crippen LogP contribution in [-0.4, -0.2) is 11.2 Å². The maximum atomic E-state index is 10.3. The van der Waals surface area contributed by atoms with Gasteiger partial charge in [0.05, 0.1) is 6.10 Å². The second kappa shape index (κ2) is 4.45. The van der Waals surface area contributed by atoms with Gasteiger partial charge in [-0.2, -0.15) is 0 Å². The van der Waals surface area contributed by atoms with Crippen LogP contribution in [0.1, 0.15) is 60.8 Å². The first-order valence-electron chi connectivity index (χ1n) is 5.52. The summed E-state index contributed by atoms with van der Waals surface area (Å²) in [4.78, 5) is 0. The predicted molar refractivity (Wildman–Crippen MR) is 58.8 cm³/mol. The molecule has 0 saturated heterocycles. The Hall–Kier alpha value is -0.0400. The molecule has 80 valence electrons. The normalized spacial score (nSPS) is 15.9. The highest BCUT2D eigenvalue weighted by Gasteiger charge is 2.39. The van der Waals surface area contributed by atoms with Gasteiger partial charge in [0.15, 0.2) is 0 Å². The highest BCUT2D eigenvalue weighted by atomic mass is 16.3. The van der Waals surface area contributed by atoms with Gasteiger partial charge in [-0.05, 0) is 30.1 Å². The van der Waals surface area contributed by atoms with Gasteiger partial charge in [0.2, 0.25) is 0 Å². The van der Waals surface area contributed by atoms with Crippen LogP contribution in [-0.2, 0) is 0 Å².